The molecule has 1 aromatic carbocycles. The van der Waals surface area contributed by atoms with Crippen LogP contribution >= 0.6 is 0 Å². The molecule has 1 saturated heterocycles. The molecule has 6 nitrogen and oxygen atoms in total. The molecule has 0 saturated carbocycles. The van der Waals surface area contributed by atoms with Gasteiger partial charge in [-0.3, -0.25) is 0 Å². The summed E-state index contributed by atoms with van der Waals surface area (Å²) >= 11 is 0. The average molecular weight is 276 g/mol. The quantitative estimate of drug-likeness (QED) is 0.918. The summed E-state index contributed by atoms with van der Waals surface area (Å²) in [4.78, 5) is 15.6. The van der Waals surface area contributed by atoms with Crippen molar-refractivity contribution in [1.29, 1.82) is 0 Å². The summed E-state index contributed by atoms with van der Waals surface area (Å²) in [6, 6.07) is 5.19. The molecule has 0 radical (unpaired) electrons. The lowest BCUT2D eigenvalue weighted by atomic mass is 10.2. The van der Waals surface area contributed by atoms with Crippen LogP contribution in [0.5, 0.6) is 0 Å². The van der Waals surface area contributed by atoms with E-state index in [0.29, 0.717) is 31.9 Å². The number of aryl methyl sites for hydroxylation is 1. The Morgan fingerprint density at radius 3 is 3.05 bits per heavy atom. The van der Waals surface area contributed by atoms with Crippen LogP contribution in [0.25, 0.3) is 11.0 Å². The molecule has 1 aliphatic heterocycles. The zero-order chi connectivity index (χ0) is 14.1. The lowest BCUT2D eigenvalue weighted by Crippen LogP contribution is -2.32. The van der Waals surface area contributed by atoms with Crippen LogP contribution in [0.15, 0.2) is 18.2 Å². The summed E-state index contributed by atoms with van der Waals surface area (Å²) < 4.78 is 13.0. The second kappa shape index (κ2) is 5.22. The predicted octanol–water partition coefficient (Wildman–Crippen LogP) is 1.46. The van der Waals surface area contributed by atoms with Gasteiger partial charge in [-0.05, 0) is 19.1 Å². The van der Waals surface area contributed by atoms with Crippen molar-refractivity contribution in [3.8, 4) is 0 Å². The van der Waals surface area contributed by atoms with Gasteiger partial charge in [0.1, 0.15) is 11.3 Å². The second-order valence-electron chi connectivity index (χ2n) is 4.82. The number of hydrogen-bond acceptors (Lipinski definition) is 4. The normalized spacial score (nSPS) is 19.4. The zero-order valence-corrected chi connectivity index (χ0v) is 11.2. The Morgan fingerprint density at radius 2 is 2.35 bits per heavy atom. The molecule has 0 bridgehead atoms. The van der Waals surface area contributed by atoms with Gasteiger partial charge in [-0.25, -0.2) is 9.78 Å². The zero-order valence-electron chi connectivity index (χ0n) is 11.2. The minimum absolute atomic E-state index is 0.0201. The first kappa shape index (κ1) is 13.1. The molecule has 2 aromatic rings. The Bertz CT molecular complexity index is 644. The smallest absolute Gasteiger partial charge is 0.337 e. The van der Waals surface area contributed by atoms with E-state index in [1.54, 1.807) is 12.1 Å². The van der Waals surface area contributed by atoms with E-state index in [1.165, 1.54) is 0 Å². The molecule has 106 valence electrons. The molecule has 1 fully saturated rings. The van der Waals surface area contributed by atoms with Crippen molar-refractivity contribution in [3.63, 3.8) is 0 Å². The van der Waals surface area contributed by atoms with Crippen LogP contribution in [0, 0.1) is 6.92 Å². The van der Waals surface area contributed by atoms with Crippen LogP contribution in [0.1, 0.15) is 16.2 Å². The maximum atomic E-state index is 11.2. The highest BCUT2D eigenvalue weighted by atomic mass is 16.6. The van der Waals surface area contributed by atoms with Crippen LogP contribution in [0.4, 0.5) is 0 Å². The van der Waals surface area contributed by atoms with Gasteiger partial charge in [0.05, 0.1) is 43.5 Å². The summed E-state index contributed by atoms with van der Waals surface area (Å²) in [5, 5.41) is 9.21. The van der Waals surface area contributed by atoms with Gasteiger partial charge in [-0.1, -0.05) is 6.07 Å². The highest BCUT2D eigenvalue weighted by molar-refractivity contribution is 6.01. The molecular formula is C14H16N2O4. The molecule has 1 aromatic heterocycles. The van der Waals surface area contributed by atoms with Crippen LogP contribution in [0.3, 0.4) is 0 Å². The van der Waals surface area contributed by atoms with Gasteiger partial charge >= 0.3 is 5.97 Å². The summed E-state index contributed by atoms with van der Waals surface area (Å²) in [6.07, 6.45) is -0.0201. The van der Waals surface area contributed by atoms with E-state index in [-0.39, 0.29) is 11.7 Å². The number of carboxylic acid groups (broad SMARTS) is 1. The van der Waals surface area contributed by atoms with E-state index in [4.69, 9.17) is 9.47 Å². The van der Waals surface area contributed by atoms with Crippen molar-refractivity contribution in [3.05, 3.63) is 29.6 Å². The van der Waals surface area contributed by atoms with Crippen LogP contribution in [0.2, 0.25) is 0 Å². The molecular weight excluding hydrogens is 260 g/mol. The topological polar surface area (TPSA) is 73.6 Å². The predicted molar refractivity (Wildman–Crippen MR) is 72.0 cm³/mol. The Morgan fingerprint density at radius 1 is 1.50 bits per heavy atom. The van der Waals surface area contributed by atoms with Gasteiger partial charge in [0.2, 0.25) is 0 Å². The number of rotatable bonds is 3. The van der Waals surface area contributed by atoms with Gasteiger partial charge in [0.25, 0.3) is 0 Å². The standard InChI is InChI=1S/C14H16N2O4/c1-9-15-13-11(14(17)18)3-2-4-12(13)16(9)7-10-8-19-5-6-20-10/h2-4,10H,5-8H2,1H3,(H,17,18). The monoisotopic (exact) mass is 276 g/mol. The molecule has 1 atom stereocenters. The third-order valence-corrected chi connectivity index (χ3v) is 3.47. The van der Waals surface area contributed by atoms with Crippen molar-refractivity contribution < 1.29 is 19.4 Å². The number of aromatic nitrogens is 2. The van der Waals surface area contributed by atoms with Crippen LogP contribution in [-0.2, 0) is 16.0 Å². The molecule has 0 spiro atoms. The first-order valence-electron chi connectivity index (χ1n) is 6.55. The van der Waals surface area contributed by atoms with E-state index in [9.17, 15) is 9.90 Å². The van der Waals surface area contributed by atoms with Gasteiger partial charge < -0.3 is 19.1 Å². The van der Waals surface area contributed by atoms with Crippen molar-refractivity contribution in [2.45, 2.75) is 19.6 Å². The molecule has 6 heteroatoms. The highest BCUT2D eigenvalue weighted by Gasteiger charge is 2.19. The first-order valence-corrected chi connectivity index (χ1v) is 6.55. The van der Waals surface area contributed by atoms with Gasteiger partial charge in [-0.2, -0.15) is 0 Å². The molecule has 1 aliphatic rings. The number of nitrogens with zero attached hydrogens (tertiary/aromatic N) is 2. The second-order valence-corrected chi connectivity index (χ2v) is 4.82. The summed E-state index contributed by atoms with van der Waals surface area (Å²) in [5.41, 5.74) is 1.57. The third-order valence-electron chi connectivity index (χ3n) is 3.47. The van der Waals surface area contributed by atoms with Crippen molar-refractivity contribution in [2.24, 2.45) is 0 Å². The van der Waals surface area contributed by atoms with Crippen molar-refractivity contribution in [1.82, 2.24) is 9.55 Å². The summed E-state index contributed by atoms with van der Waals surface area (Å²) in [5.74, 6) is -0.180. The van der Waals surface area contributed by atoms with Gasteiger partial charge in [0, 0.05) is 0 Å². The third kappa shape index (κ3) is 2.28. The number of para-hydroxylation sites is 1. The fraction of sp³-hybridized carbons (Fsp3) is 0.429. The van der Waals surface area contributed by atoms with Crippen molar-refractivity contribution in [2.75, 3.05) is 19.8 Å². The van der Waals surface area contributed by atoms with Gasteiger partial charge in [-0.15, -0.1) is 0 Å². The highest BCUT2D eigenvalue weighted by Crippen LogP contribution is 2.21. The Kier molecular flexibility index (Phi) is 3.42. The number of hydrogen-bond donors (Lipinski definition) is 1. The fourth-order valence-electron chi connectivity index (χ4n) is 2.51. The Balaban J connectivity index is 2.00. The molecule has 2 heterocycles. The number of carbonyl (C=O) groups is 1. The summed E-state index contributed by atoms with van der Waals surface area (Å²) in [7, 11) is 0. The van der Waals surface area contributed by atoms with Crippen molar-refractivity contribution >= 4 is 17.0 Å². The molecule has 0 amide bonds. The molecule has 1 N–H and O–H groups in total. The number of fused-ring (bicyclic) bond motifs is 1. The number of imidazole rings is 1. The number of ether oxygens (including phenoxy) is 2. The van der Waals surface area contributed by atoms with E-state index in [1.807, 2.05) is 17.6 Å². The number of aromatic carboxylic acids is 1. The van der Waals surface area contributed by atoms with E-state index < -0.39 is 5.97 Å². The molecule has 20 heavy (non-hydrogen) atoms. The molecule has 1 unspecified atom stereocenters. The minimum atomic E-state index is -0.961. The van der Waals surface area contributed by atoms with Crippen LogP contribution in [-0.4, -0.2) is 46.6 Å². The maximum Gasteiger partial charge on any atom is 0.337 e. The first-order chi connectivity index (χ1) is 9.66. The minimum Gasteiger partial charge on any atom is -0.478 e. The van der Waals surface area contributed by atoms with E-state index in [0.717, 1.165) is 11.3 Å². The Labute approximate surface area is 115 Å². The maximum absolute atomic E-state index is 11.2. The lowest BCUT2D eigenvalue weighted by molar-refractivity contribution is -0.0934. The largest absolute Gasteiger partial charge is 0.478 e. The summed E-state index contributed by atoms with van der Waals surface area (Å²) in [6.45, 7) is 4.26. The van der Waals surface area contributed by atoms with Gasteiger partial charge in [0.15, 0.2) is 0 Å². The number of benzene rings is 1. The van der Waals surface area contributed by atoms with Crippen LogP contribution < -0.4 is 0 Å². The number of carboxylic acids is 1. The fourth-order valence-corrected chi connectivity index (χ4v) is 2.51. The van der Waals surface area contributed by atoms with E-state index >= 15 is 0 Å². The molecule has 0 aliphatic carbocycles. The van der Waals surface area contributed by atoms with E-state index in [2.05, 4.69) is 4.98 Å². The molecule has 3 rings (SSSR count). The lowest BCUT2D eigenvalue weighted by Gasteiger charge is -2.24. The average Bonchev–Trinajstić information content (AvgIpc) is 2.76. The Hall–Kier alpha value is -1.92. The SMILES string of the molecule is Cc1nc2c(C(=O)O)cccc2n1CC1COCCO1.